The van der Waals surface area contributed by atoms with Gasteiger partial charge in [0.25, 0.3) is 0 Å². The molecule has 0 aromatic carbocycles. The van der Waals surface area contributed by atoms with Crippen molar-refractivity contribution in [2.24, 2.45) is 0 Å². The van der Waals surface area contributed by atoms with Gasteiger partial charge in [-0.1, -0.05) is 13.3 Å². The summed E-state index contributed by atoms with van der Waals surface area (Å²) in [4.78, 5) is 10.1. The minimum atomic E-state index is 0.395. The molecule has 0 spiro atoms. The summed E-state index contributed by atoms with van der Waals surface area (Å²) in [6.07, 6.45) is 5.37. The van der Waals surface area contributed by atoms with Crippen molar-refractivity contribution in [1.29, 1.82) is 5.26 Å². The summed E-state index contributed by atoms with van der Waals surface area (Å²) in [5.74, 6) is 0.670. The third-order valence-corrected chi connectivity index (χ3v) is 1.99. The molecule has 0 saturated carbocycles. The summed E-state index contributed by atoms with van der Waals surface area (Å²) < 4.78 is 0. The summed E-state index contributed by atoms with van der Waals surface area (Å²) in [7, 11) is 1.93. The number of rotatable bonds is 4. The van der Waals surface area contributed by atoms with E-state index in [0.717, 1.165) is 19.4 Å². The van der Waals surface area contributed by atoms with E-state index >= 15 is 0 Å². The molecular formula is C10H14N4. The largest absolute Gasteiger partial charge is 0.357 e. The number of nitriles is 1. The van der Waals surface area contributed by atoms with Gasteiger partial charge >= 0.3 is 0 Å². The Balaban J connectivity index is 2.79. The van der Waals surface area contributed by atoms with Crippen molar-refractivity contribution in [3.63, 3.8) is 0 Å². The SMILES string of the molecule is CCCCN(C)c1nccnc1C#N. The van der Waals surface area contributed by atoms with Gasteiger partial charge < -0.3 is 4.90 Å². The van der Waals surface area contributed by atoms with Gasteiger partial charge in [-0.15, -0.1) is 0 Å². The first-order valence-corrected chi connectivity index (χ1v) is 4.71. The maximum absolute atomic E-state index is 8.81. The number of hydrogen-bond donors (Lipinski definition) is 0. The van der Waals surface area contributed by atoms with E-state index < -0.39 is 0 Å². The highest BCUT2D eigenvalue weighted by molar-refractivity contribution is 5.48. The van der Waals surface area contributed by atoms with Crippen LogP contribution in [0.3, 0.4) is 0 Å². The fourth-order valence-electron chi connectivity index (χ4n) is 1.19. The van der Waals surface area contributed by atoms with Gasteiger partial charge in [-0.05, 0) is 6.42 Å². The first-order valence-electron chi connectivity index (χ1n) is 4.71. The molecule has 4 nitrogen and oxygen atoms in total. The molecule has 4 heteroatoms. The van der Waals surface area contributed by atoms with Gasteiger partial charge in [0, 0.05) is 26.0 Å². The molecule has 14 heavy (non-hydrogen) atoms. The maximum atomic E-state index is 8.81. The van der Waals surface area contributed by atoms with Crippen LogP contribution in [0.2, 0.25) is 0 Å². The van der Waals surface area contributed by atoms with Crippen LogP contribution in [0.1, 0.15) is 25.5 Å². The predicted molar refractivity (Wildman–Crippen MR) is 54.9 cm³/mol. The Bertz CT molecular complexity index is 329. The van der Waals surface area contributed by atoms with Gasteiger partial charge in [-0.2, -0.15) is 5.26 Å². The lowest BCUT2D eigenvalue weighted by Crippen LogP contribution is -2.21. The first-order chi connectivity index (χ1) is 6.79. The van der Waals surface area contributed by atoms with Crippen LogP contribution in [-0.2, 0) is 0 Å². The van der Waals surface area contributed by atoms with Crippen LogP contribution < -0.4 is 4.90 Å². The number of unbranched alkanes of at least 4 members (excludes halogenated alkanes) is 1. The molecule has 0 aliphatic heterocycles. The van der Waals surface area contributed by atoms with Crippen LogP contribution in [0.15, 0.2) is 12.4 Å². The average molecular weight is 190 g/mol. The highest BCUT2D eigenvalue weighted by Crippen LogP contribution is 2.12. The summed E-state index contributed by atoms with van der Waals surface area (Å²) in [6.45, 7) is 3.04. The molecule has 0 radical (unpaired) electrons. The average Bonchev–Trinajstić information content (AvgIpc) is 2.25. The molecule has 1 heterocycles. The normalized spacial score (nSPS) is 9.50. The highest BCUT2D eigenvalue weighted by atomic mass is 15.2. The molecule has 1 rings (SSSR count). The second kappa shape index (κ2) is 5.18. The van der Waals surface area contributed by atoms with Crippen LogP contribution in [0.25, 0.3) is 0 Å². The van der Waals surface area contributed by atoms with Crippen molar-refractivity contribution in [3.8, 4) is 6.07 Å². The highest BCUT2D eigenvalue weighted by Gasteiger charge is 2.08. The zero-order chi connectivity index (χ0) is 10.4. The summed E-state index contributed by atoms with van der Waals surface area (Å²) >= 11 is 0. The molecule has 0 unspecified atom stereocenters. The van der Waals surface area contributed by atoms with Crippen molar-refractivity contribution in [2.45, 2.75) is 19.8 Å². The molecule has 0 fully saturated rings. The van der Waals surface area contributed by atoms with Crippen molar-refractivity contribution < 1.29 is 0 Å². The van der Waals surface area contributed by atoms with Crippen LogP contribution in [0.5, 0.6) is 0 Å². The van der Waals surface area contributed by atoms with Crippen LogP contribution in [0.4, 0.5) is 5.82 Å². The molecule has 0 amide bonds. The summed E-state index contributed by atoms with van der Waals surface area (Å²) in [6, 6.07) is 2.04. The van der Waals surface area contributed by atoms with Gasteiger partial charge in [0.1, 0.15) is 6.07 Å². The number of nitrogens with zero attached hydrogens (tertiary/aromatic N) is 4. The maximum Gasteiger partial charge on any atom is 0.183 e. The Labute approximate surface area is 84.2 Å². The van der Waals surface area contributed by atoms with Crippen molar-refractivity contribution in [2.75, 3.05) is 18.5 Å². The van der Waals surface area contributed by atoms with Crippen molar-refractivity contribution in [3.05, 3.63) is 18.1 Å². The Kier molecular flexibility index (Phi) is 3.86. The molecule has 0 aliphatic rings. The molecule has 1 aromatic heterocycles. The molecule has 1 aromatic rings. The van der Waals surface area contributed by atoms with E-state index in [9.17, 15) is 0 Å². The topological polar surface area (TPSA) is 52.8 Å². The minimum absolute atomic E-state index is 0.395. The zero-order valence-electron chi connectivity index (χ0n) is 8.56. The van der Waals surface area contributed by atoms with Gasteiger partial charge in [0.2, 0.25) is 0 Å². The standard InChI is InChI=1S/C10H14N4/c1-3-4-7-14(2)10-9(8-11)12-5-6-13-10/h5-6H,3-4,7H2,1-2H3. The Morgan fingerprint density at radius 1 is 1.43 bits per heavy atom. The lowest BCUT2D eigenvalue weighted by atomic mass is 10.3. The van der Waals surface area contributed by atoms with E-state index in [1.54, 1.807) is 6.20 Å². The first kappa shape index (κ1) is 10.5. The molecule has 0 aliphatic carbocycles. The molecule has 0 bridgehead atoms. The van der Waals surface area contributed by atoms with Crippen LogP contribution >= 0.6 is 0 Å². The van der Waals surface area contributed by atoms with Crippen LogP contribution in [-0.4, -0.2) is 23.6 Å². The Morgan fingerprint density at radius 2 is 2.14 bits per heavy atom. The Morgan fingerprint density at radius 3 is 2.79 bits per heavy atom. The summed E-state index contributed by atoms with van der Waals surface area (Å²) in [5, 5.41) is 8.81. The van der Waals surface area contributed by atoms with Crippen molar-refractivity contribution >= 4 is 5.82 Å². The van der Waals surface area contributed by atoms with Crippen molar-refractivity contribution in [1.82, 2.24) is 9.97 Å². The van der Waals surface area contributed by atoms with Gasteiger partial charge in [-0.25, -0.2) is 9.97 Å². The van der Waals surface area contributed by atoms with E-state index in [0.29, 0.717) is 11.5 Å². The predicted octanol–water partition coefficient (Wildman–Crippen LogP) is 1.58. The van der Waals surface area contributed by atoms with E-state index in [2.05, 4.69) is 16.9 Å². The zero-order valence-corrected chi connectivity index (χ0v) is 8.56. The molecular weight excluding hydrogens is 176 g/mol. The number of aromatic nitrogens is 2. The second-order valence-electron chi connectivity index (χ2n) is 3.12. The quantitative estimate of drug-likeness (QED) is 0.723. The Hall–Kier alpha value is -1.63. The molecule has 74 valence electrons. The van der Waals surface area contributed by atoms with Crippen LogP contribution in [0, 0.1) is 11.3 Å². The van der Waals surface area contributed by atoms with E-state index in [1.165, 1.54) is 6.20 Å². The van der Waals surface area contributed by atoms with E-state index in [1.807, 2.05) is 18.0 Å². The fourth-order valence-corrected chi connectivity index (χ4v) is 1.19. The second-order valence-corrected chi connectivity index (χ2v) is 3.12. The molecule has 0 atom stereocenters. The summed E-state index contributed by atoms with van der Waals surface area (Å²) in [5.41, 5.74) is 0.395. The van der Waals surface area contributed by atoms with Gasteiger partial charge in [0.15, 0.2) is 11.5 Å². The molecule has 0 N–H and O–H groups in total. The minimum Gasteiger partial charge on any atom is -0.357 e. The fraction of sp³-hybridized carbons (Fsp3) is 0.500. The van der Waals surface area contributed by atoms with E-state index in [4.69, 9.17) is 5.26 Å². The third-order valence-electron chi connectivity index (χ3n) is 1.99. The lowest BCUT2D eigenvalue weighted by molar-refractivity contribution is 0.756. The smallest absolute Gasteiger partial charge is 0.183 e. The number of hydrogen-bond acceptors (Lipinski definition) is 4. The monoisotopic (exact) mass is 190 g/mol. The molecule has 0 saturated heterocycles. The lowest BCUT2D eigenvalue weighted by Gasteiger charge is -2.17. The van der Waals surface area contributed by atoms with Gasteiger partial charge in [0.05, 0.1) is 0 Å². The van der Waals surface area contributed by atoms with E-state index in [-0.39, 0.29) is 0 Å². The third kappa shape index (κ3) is 2.43. The number of anilines is 1. The van der Waals surface area contributed by atoms with Gasteiger partial charge in [-0.3, -0.25) is 0 Å².